The van der Waals surface area contributed by atoms with Gasteiger partial charge in [0.05, 0.1) is 0 Å². The van der Waals surface area contributed by atoms with Crippen LogP contribution in [0.15, 0.2) is 36.7 Å². The van der Waals surface area contributed by atoms with Crippen LogP contribution in [0, 0.1) is 6.92 Å². The van der Waals surface area contributed by atoms with Crippen LogP contribution in [0.4, 0.5) is 0 Å². The summed E-state index contributed by atoms with van der Waals surface area (Å²) in [5.41, 5.74) is 1.91. The van der Waals surface area contributed by atoms with Crippen molar-refractivity contribution in [1.29, 1.82) is 0 Å². The zero-order chi connectivity index (χ0) is 16.6. The molecule has 0 N–H and O–H groups in total. The third-order valence-electron chi connectivity index (χ3n) is 3.62. The van der Waals surface area contributed by atoms with E-state index in [2.05, 4.69) is 46.8 Å². The quantitative estimate of drug-likeness (QED) is 0.726. The van der Waals surface area contributed by atoms with Gasteiger partial charge in [-0.25, -0.2) is 19.9 Å². The molecule has 2 aromatic heterocycles. The molecule has 3 rings (SSSR count). The Morgan fingerprint density at radius 3 is 2.39 bits per heavy atom. The molecule has 0 radical (unpaired) electrons. The number of rotatable bonds is 2. The van der Waals surface area contributed by atoms with Crippen molar-refractivity contribution < 1.29 is 0 Å². The monoisotopic (exact) mass is 307 g/mol. The summed E-state index contributed by atoms with van der Waals surface area (Å²) >= 11 is 0. The van der Waals surface area contributed by atoms with Crippen molar-refractivity contribution in [3.63, 3.8) is 0 Å². The molecule has 0 aliphatic rings. The molecule has 0 aliphatic carbocycles. The fourth-order valence-electron chi connectivity index (χ4n) is 2.39. The van der Waals surface area contributed by atoms with Crippen molar-refractivity contribution in [2.45, 2.75) is 33.1 Å². The van der Waals surface area contributed by atoms with Gasteiger partial charge >= 0.3 is 0 Å². The topological polar surface area (TPSA) is 56.5 Å². The molecule has 118 valence electrons. The van der Waals surface area contributed by atoms with Gasteiger partial charge in [0, 0.05) is 36.0 Å². The Hall–Kier alpha value is -2.56. The Kier molecular flexibility index (Phi) is 3.72. The van der Waals surface area contributed by atoms with Crippen LogP contribution in [-0.4, -0.2) is 24.5 Å². The van der Waals surface area contributed by atoms with Gasteiger partial charge in [-0.3, -0.25) is 0 Å². The van der Waals surface area contributed by atoms with Crippen LogP contribution in [-0.2, 0) is 12.5 Å². The van der Waals surface area contributed by atoms with Crippen LogP contribution < -0.4 is 0 Å². The van der Waals surface area contributed by atoms with Crippen molar-refractivity contribution in [2.75, 3.05) is 0 Å². The average molecular weight is 307 g/mol. The molecule has 0 bridgehead atoms. The van der Waals surface area contributed by atoms with E-state index in [1.807, 2.05) is 42.9 Å². The Morgan fingerprint density at radius 1 is 1.00 bits per heavy atom. The number of imidazole rings is 1. The first-order valence-corrected chi connectivity index (χ1v) is 7.66. The molecule has 2 heterocycles. The maximum atomic E-state index is 4.67. The maximum absolute atomic E-state index is 4.67. The second kappa shape index (κ2) is 5.57. The molecule has 0 atom stereocenters. The molecular weight excluding hydrogens is 286 g/mol. The van der Waals surface area contributed by atoms with E-state index >= 15 is 0 Å². The van der Waals surface area contributed by atoms with Crippen molar-refractivity contribution in [1.82, 2.24) is 24.5 Å². The van der Waals surface area contributed by atoms with E-state index in [1.54, 1.807) is 6.20 Å². The van der Waals surface area contributed by atoms with E-state index in [9.17, 15) is 0 Å². The van der Waals surface area contributed by atoms with Gasteiger partial charge in [0.25, 0.3) is 0 Å². The van der Waals surface area contributed by atoms with Crippen LogP contribution in [0.3, 0.4) is 0 Å². The van der Waals surface area contributed by atoms with Crippen LogP contribution in [0.5, 0.6) is 0 Å². The number of aryl methyl sites for hydroxylation is 2. The highest BCUT2D eigenvalue weighted by Crippen LogP contribution is 2.25. The van der Waals surface area contributed by atoms with Crippen LogP contribution in [0.25, 0.3) is 22.8 Å². The number of benzene rings is 1. The predicted molar refractivity (Wildman–Crippen MR) is 90.9 cm³/mol. The number of aromatic nitrogens is 5. The molecule has 0 amide bonds. The van der Waals surface area contributed by atoms with Crippen molar-refractivity contribution in [3.05, 3.63) is 48.3 Å². The van der Waals surface area contributed by atoms with Crippen LogP contribution >= 0.6 is 0 Å². The summed E-state index contributed by atoms with van der Waals surface area (Å²) < 4.78 is 2.00. The normalized spacial score (nSPS) is 11.7. The Labute approximate surface area is 136 Å². The molecule has 0 fully saturated rings. The largest absolute Gasteiger partial charge is 0.334 e. The Morgan fingerprint density at radius 2 is 1.74 bits per heavy atom. The minimum absolute atomic E-state index is 0.111. The molecule has 3 aromatic rings. The summed E-state index contributed by atoms with van der Waals surface area (Å²) in [6.07, 6.45) is 3.74. The fourth-order valence-corrected chi connectivity index (χ4v) is 2.39. The smallest absolute Gasteiger partial charge is 0.163 e. The number of hydrogen-bond donors (Lipinski definition) is 0. The standard InChI is InChI=1S/C18H21N5/c1-12-20-15(22-17(21-12)18(2,3)4)13-7-6-8-14(11-13)16-19-9-10-23(16)5/h6-11H,1-5H3. The first-order valence-electron chi connectivity index (χ1n) is 7.66. The number of nitrogens with zero attached hydrogens (tertiary/aromatic N) is 5. The molecule has 23 heavy (non-hydrogen) atoms. The Bertz CT molecular complexity index is 843. The zero-order valence-electron chi connectivity index (χ0n) is 14.2. The second-order valence-corrected chi connectivity index (χ2v) is 6.72. The van der Waals surface area contributed by atoms with E-state index < -0.39 is 0 Å². The van der Waals surface area contributed by atoms with E-state index in [4.69, 9.17) is 0 Å². The number of hydrogen-bond acceptors (Lipinski definition) is 4. The molecule has 5 nitrogen and oxygen atoms in total. The summed E-state index contributed by atoms with van der Waals surface area (Å²) in [6.45, 7) is 8.23. The highest BCUT2D eigenvalue weighted by atomic mass is 15.0. The van der Waals surface area contributed by atoms with Gasteiger partial charge in [0.15, 0.2) is 5.82 Å². The average Bonchev–Trinajstić information content (AvgIpc) is 2.92. The van der Waals surface area contributed by atoms with Crippen molar-refractivity contribution in [2.24, 2.45) is 7.05 Å². The van der Waals surface area contributed by atoms with Gasteiger partial charge < -0.3 is 4.57 Å². The first-order chi connectivity index (χ1) is 10.8. The molecule has 0 saturated heterocycles. The maximum Gasteiger partial charge on any atom is 0.163 e. The highest BCUT2D eigenvalue weighted by Gasteiger charge is 2.19. The molecule has 0 aliphatic heterocycles. The Balaban J connectivity index is 2.10. The molecule has 0 saturated carbocycles. The van der Waals surface area contributed by atoms with Gasteiger partial charge in [-0.15, -0.1) is 0 Å². The molecule has 5 heteroatoms. The van der Waals surface area contributed by atoms with E-state index in [1.165, 1.54) is 0 Å². The first kappa shape index (κ1) is 15.3. The van der Waals surface area contributed by atoms with Gasteiger partial charge in [0.1, 0.15) is 17.5 Å². The third kappa shape index (κ3) is 3.13. The molecular formula is C18H21N5. The second-order valence-electron chi connectivity index (χ2n) is 6.72. The van der Waals surface area contributed by atoms with Crippen molar-refractivity contribution >= 4 is 0 Å². The lowest BCUT2D eigenvalue weighted by atomic mass is 9.95. The summed E-state index contributed by atoms with van der Waals surface area (Å²) in [4.78, 5) is 18.1. The molecule has 0 unspecified atom stereocenters. The minimum atomic E-state index is -0.111. The van der Waals surface area contributed by atoms with Crippen molar-refractivity contribution in [3.8, 4) is 22.8 Å². The van der Waals surface area contributed by atoms with Gasteiger partial charge in [-0.05, 0) is 13.0 Å². The third-order valence-corrected chi connectivity index (χ3v) is 3.62. The van der Waals surface area contributed by atoms with E-state index in [0.717, 1.165) is 28.6 Å². The minimum Gasteiger partial charge on any atom is -0.334 e. The van der Waals surface area contributed by atoms with Crippen LogP contribution in [0.2, 0.25) is 0 Å². The lowest BCUT2D eigenvalue weighted by Gasteiger charge is -2.17. The lowest BCUT2D eigenvalue weighted by Crippen LogP contribution is -2.18. The summed E-state index contributed by atoms with van der Waals surface area (Å²) in [5.74, 6) is 3.18. The van der Waals surface area contributed by atoms with E-state index in [-0.39, 0.29) is 5.41 Å². The SMILES string of the molecule is Cc1nc(-c2cccc(-c3nccn3C)c2)nc(C(C)(C)C)n1. The molecule has 1 aromatic carbocycles. The van der Waals surface area contributed by atoms with E-state index in [0.29, 0.717) is 5.82 Å². The lowest BCUT2D eigenvalue weighted by molar-refractivity contribution is 0.539. The predicted octanol–water partition coefficient (Wildman–Crippen LogP) is 3.55. The van der Waals surface area contributed by atoms with Crippen LogP contribution in [0.1, 0.15) is 32.4 Å². The summed E-state index contributed by atoms with van der Waals surface area (Å²) in [6, 6.07) is 8.15. The summed E-state index contributed by atoms with van der Waals surface area (Å²) in [5, 5.41) is 0. The zero-order valence-corrected chi connectivity index (χ0v) is 14.2. The van der Waals surface area contributed by atoms with Gasteiger partial charge in [-0.2, -0.15) is 0 Å². The molecule has 0 spiro atoms. The fraction of sp³-hybridized carbons (Fsp3) is 0.333. The van der Waals surface area contributed by atoms with Gasteiger partial charge in [-0.1, -0.05) is 39.0 Å². The van der Waals surface area contributed by atoms with Gasteiger partial charge in [0.2, 0.25) is 0 Å². The highest BCUT2D eigenvalue weighted by molar-refractivity contribution is 5.66. The summed E-state index contributed by atoms with van der Waals surface area (Å²) in [7, 11) is 1.99.